The number of benzene rings is 2. The van der Waals surface area contributed by atoms with Crippen LogP contribution in [0.3, 0.4) is 0 Å². The Morgan fingerprint density at radius 1 is 1.08 bits per heavy atom. The first kappa shape index (κ1) is 27.5. The fourth-order valence-corrected chi connectivity index (χ4v) is 4.64. The lowest BCUT2D eigenvalue weighted by atomic mass is 10.1. The molecule has 1 heterocycles. The number of aryl methyl sites for hydroxylation is 1. The Hall–Kier alpha value is -3.10. The molecule has 0 saturated heterocycles. The first-order valence-electron chi connectivity index (χ1n) is 12.4. The van der Waals surface area contributed by atoms with Crippen LogP contribution in [-0.4, -0.2) is 34.4 Å². The molecule has 194 valence electrons. The third kappa shape index (κ3) is 8.24. The van der Waals surface area contributed by atoms with E-state index < -0.39 is 6.29 Å². The van der Waals surface area contributed by atoms with Gasteiger partial charge in [-0.1, -0.05) is 18.5 Å². The number of ether oxygens (including phenoxy) is 2. The highest BCUT2D eigenvalue weighted by Gasteiger charge is 2.16. The summed E-state index contributed by atoms with van der Waals surface area (Å²) in [7, 11) is 0. The van der Waals surface area contributed by atoms with E-state index in [1.165, 1.54) is 4.88 Å². The Kier molecular flexibility index (Phi) is 9.73. The van der Waals surface area contributed by atoms with Gasteiger partial charge in [0.1, 0.15) is 11.5 Å². The molecule has 0 aliphatic heterocycles. The van der Waals surface area contributed by atoms with Gasteiger partial charge in [-0.15, -0.1) is 11.3 Å². The number of nitrogens with two attached hydrogens (primary N) is 1. The van der Waals surface area contributed by atoms with E-state index in [0.29, 0.717) is 11.3 Å². The van der Waals surface area contributed by atoms with Gasteiger partial charge in [0.05, 0.1) is 10.7 Å². The lowest BCUT2D eigenvalue weighted by molar-refractivity contribution is -0.00211. The molecule has 1 atom stereocenters. The minimum atomic E-state index is -0.425. The molecule has 36 heavy (non-hydrogen) atoms. The van der Waals surface area contributed by atoms with Gasteiger partial charge in [-0.3, -0.25) is 0 Å². The molecule has 0 aliphatic carbocycles. The first-order chi connectivity index (χ1) is 17.2. The van der Waals surface area contributed by atoms with Crippen LogP contribution in [0, 0.1) is 6.92 Å². The molecule has 1 unspecified atom stereocenters. The van der Waals surface area contributed by atoms with Crippen LogP contribution in [0.5, 0.6) is 11.5 Å². The van der Waals surface area contributed by atoms with Gasteiger partial charge in [0, 0.05) is 34.5 Å². The van der Waals surface area contributed by atoms with Gasteiger partial charge < -0.3 is 25.7 Å². The molecule has 3 rings (SSSR count). The number of oxime groups is 1. The molecule has 2 aromatic carbocycles. The normalized spacial score (nSPS) is 13.0. The van der Waals surface area contributed by atoms with E-state index in [1.807, 2.05) is 12.1 Å². The van der Waals surface area contributed by atoms with Crippen molar-refractivity contribution >= 4 is 17.2 Å². The molecule has 1 aromatic heterocycles. The quantitative estimate of drug-likeness (QED) is 0.0892. The number of hydrogen-bond acceptors (Lipinski definition) is 7. The van der Waals surface area contributed by atoms with E-state index in [0.717, 1.165) is 54.2 Å². The number of rotatable bonds is 12. The van der Waals surface area contributed by atoms with Crippen LogP contribution in [0.25, 0.3) is 11.3 Å². The van der Waals surface area contributed by atoms with Gasteiger partial charge in [0.15, 0.2) is 5.84 Å². The fraction of sp³-hybridized carbons (Fsp3) is 0.429. The van der Waals surface area contributed by atoms with E-state index in [2.05, 4.69) is 57.2 Å². The van der Waals surface area contributed by atoms with Crippen molar-refractivity contribution in [3.05, 3.63) is 64.0 Å². The van der Waals surface area contributed by atoms with Crippen LogP contribution < -0.4 is 20.5 Å². The van der Waals surface area contributed by atoms with Crippen LogP contribution in [0.1, 0.15) is 62.4 Å². The summed E-state index contributed by atoms with van der Waals surface area (Å²) in [4.78, 5) is 6.09. The van der Waals surface area contributed by atoms with Crippen molar-refractivity contribution < 1.29 is 14.7 Å². The third-order valence-electron chi connectivity index (χ3n) is 5.53. The molecule has 0 fully saturated rings. The molecule has 0 radical (unpaired) electrons. The van der Waals surface area contributed by atoms with Crippen LogP contribution >= 0.6 is 11.3 Å². The second-order valence-electron chi connectivity index (χ2n) is 9.77. The van der Waals surface area contributed by atoms with Crippen molar-refractivity contribution in [2.75, 3.05) is 6.54 Å². The number of nitrogens with zero attached hydrogens (tertiary/aromatic N) is 2. The Morgan fingerprint density at radius 2 is 1.69 bits per heavy atom. The smallest absolute Gasteiger partial charge is 0.241 e. The number of aromatic nitrogens is 1. The Morgan fingerprint density at radius 3 is 2.25 bits per heavy atom. The maximum atomic E-state index is 8.85. The van der Waals surface area contributed by atoms with Crippen LogP contribution in [0.4, 0.5) is 0 Å². The van der Waals surface area contributed by atoms with Crippen LogP contribution in [0.15, 0.2) is 53.7 Å². The van der Waals surface area contributed by atoms with Gasteiger partial charge in [0.25, 0.3) is 0 Å². The van der Waals surface area contributed by atoms with Crippen LogP contribution in [-0.2, 0) is 6.42 Å². The fourth-order valence-electron chi connectivity index (χ4n) is 3.68. The van der Waals surface area contributed by atoms with E-state index >= 15 is 0 Å². The summed E-state index contributed by atoms with van der Waals surface area (Å²) in [6.45, 7) is 11.6. The van der Waals surface area contributed by atoms with E-state index in [-0.39, 0.29) is 11.4 Å². The molecule has 0 spiro atoms. The summed E-state index contributed by atoms with van der Waals surface area (Å²) in [6, 6.07) is 15.2. The molecular weight excluding hydrogens is 472 g/mol. The zero-order valence-electron chi connectivity index (χ0n) is 21.9. The minimum absolute atomic E-state index is 0.0596. The zero-order valence-corrected chi connectivity index (χ0v) is 22.7. The highest BCUT2D eigenvalue weighted by molar-refractivity contribution is 7.12. The molecule has 0 aliphatic rings. The zero-order chi connectivity index (χ0) is 26.1. The molecule has 8 heteroatoms. The largest absolute Gasteiger partial charge is 0.455 e. The lowest BCUT2D eigenvalue weighted by Gasteiger charge is -2.21. The number of unbranched alkanes of at least 4 members (excludes halogenated alkanes) is 1. The van der Waals surface area contributed by atoms with Crippen molar-refractivity contribution in [2.45, 2.75) is 72.1 Å². The topological polar surface area (TPSA) is 102 Å². The van der Waals surface area contributed by atoms with Crippen molar-refractivity contribution in [3.63, 3.8) is 0 Å². The second kappa shape index (κ2) is 12.7. The van der Waals surface area contributed by atoms with Crippen molar-refractivity contribution in [3.8, 4) is 22.8 Å². The van der Waals surface area contributed by atoms with Gasteiger partial charge in [-0.05, 0) is 89.1 Å². The van der Waals surface area contributed by atoms with Gasteiger partial charge >= 0.3 is 0 Å². The first-order valence-corrected chi connectivity index (χ1v) is 13.2. The van der Waals surface area contributed by atoms with E-state index in [9.17, 15) is 0 Å². The summed E-state index contributed by atoms with van der Waals surface area (Å²) in [5.41, 5.74) is 8.50. The number of nitrogens with one attached hydrogen (secondary N) is 1. The summed E-state index contributed by atoms with van der Waals surface area (Å²) >= 11 is 1.76. The maximum absolute atomic E-state index is 8.85. The summed E-state index contributed by atoms with van der Waals surface area (Å²) in [5, 5.41) is 16.5. The Labute approximate surface area is 218 Å². The summed E-state index contributed by atoms with van der Waals surface area (Å²) < 4.78 is 12.3. The van der Waals surface area contributed by atoms with Gasteiger partial charge in [0.2, 0.25) is 6.29 Å². The Balaban J connectivity index is 1.69. The highest BCUT2D eigenvalue weighted by Crippen LogP contribution is 2.30. The van der Waals surface area contributed by atoms with Crippen LogP contribution in [0.2, 0.25) is 0 Å². The van der Waals surface area contributed by atoms with Crippen molar-refractivity contribution in [1.82, 2.24) is 10.3 Å². The molecule has 0 amide bonds. The number of thiazole rings is 1. The third-order valence-corrected chi connectivity index (χ3v) is 6.56. The SMILES string of the molecule is CCCCC(Oc1ccc(C(N)=NO)cc1)Oc1ccc(-c2nc(C)sc2CCNC(C)(C)C)cc1. The molecule has 0 saturated carbocycles. The lowest BCUT2D eigenvalue weighted by Crippen LogP contribution is -2.37. The maximum Gasteiger partial charge on any atom is 0.241 e. The average molecular weight is 511 g/mol. The number of hydrogen-bond donors (Lipinski definition) is 3. The minimum Gasteiger partial charge on any atom is -0.455 e. The molecular formula is C28H38N4O3S. The second-order valence-corrected chi connectivity index (χ2v) is 11.1. The summed E-state index contributed by atoms with van der Waals surface area (Å²) in [6.07, 6.45) is 3.30. The summed E-state index contributed by atoms with van der Waals surface area (Å²) in [5.74, 6) is 1.47. The predicted molar refractivity (Wildman–Crippen MR) is 147 cm³/mol. The standard InChI is InChI=1S/C28H38N4O3S/c1-6-7-8-25(35-23-15-11-21(12-16-23)27(29)32-33)34-22-13-9-20(10-14-22)26-24(36-19(2)31-26)17-18-30-28(3,4)5/h9-16,25,30,33H,6-8,17-18H2,1-5H3,(H2,29,32). The van der Waals surface area contributed by atoms with Gasteiger partial charge in [-0.25, -0.2) is 4.98 Å². The van der Waals surface area contributed by atoms with E-state index in [4.69, 9.17) is 25.4 Å². The van der Waals surface area contributed by atoms with Crippen molar-refractivity contribution in [2.24, 2.45) is 10.9 Å². The Bertz CT molecular complexity index is 1120. The van der Waals surface area contributed by atoms with Crippen molar-refractivity contribution in [1.29, 1.82) is 0 Å². The predicted octanol–water partition coefficient (Wildman–Crippen LogP) is 6.12. The van der Waals surface area contributed by atoms with E-state index in [1.54, 1.807) is 35.6 Å². The monoisotopic (exact) mass is 510 g/mol. The molecule has 4 N–H and O–H groups in total. The molecule has 7 nitrogen and oxygen atoms in total. The highest BCUT2D eigenvalue weighted by atomic mass is 32.1. The molecule has 3 aromatic rings. The number of amidine groups is 1. The van der Waals surface area contributed by atoms with Gasteiger partial charge in [-0.2, -0.15) is 0 Å². The average Bonchev–Trinajstić information content (AvgIpc) is 3.22. The molecule has 0 bridgehead atoms.